The number of nitrogens with one attached hydrogen (secondary N) is 3. The van der Waals surface area contributed by atoms with Gasteiger partial charge in [-0.05, 0) is 19.1 Å². The Bertz CT molecular complexity index is 971. The van der Waals surface area contributed by atoms with Gasteiger partial charge in [0.15, 0.2) is 0 Å². The topological polar surface area (TPSA) is 130 Å². The molecule has 1 aromatic heterocycles. The first-order chi connectivity index (χ1) is 12.5. The Balaban J connectivity index is 2.07. The lowest BCUT2D eigenvalue weighted by Gasteiger charge is -2.17. The van der Waals surface area contributed by atoms with Crippen LogP contribution in [0.1, 0.15) is 23.0 Å². The van der Waals surface area contributed by atoms with Crippen LogP contribution in [-0.2, 0) is 6.18 Å². The number of carbonyl (C=O) groups is 1. The van der Waals surface area contributed by atoms with Gasteiger partial charge in [-0.15, -0.1) is 0 Å². The zero-order valence-corrected chi connectivity index (χ0v) is 14.5. The first-order valence-corrected chi connectivity index (χ1v) is 7.80. The summed E-state index contributed by atoms with van der Waals surface area (Å²) in [6.07, 6.45) is -4.64. The smallest absolute Gasteiger partial charge is 0.417 e. The third-order valence-electron chi connectivity index (χ3n) is 3.34. The fourth-order valence-corrected chi connectivity index (χ4v) is 2.36. The van der Waals surface area contributed by atoms with Crippen LogP contribution in [0.3, 0.4) is 0 Å². The molecule has 146 valence electrons. The van der Waals surface area contributed by atoms with Gasteiger partial charge in [0, 0.05) is 0 Å². The fourth-order valence-electron chi connectivity index (χ4n) is 2.07. The van der Waals surface area contributed by atoms with Crippen LogP contribution in [0.2, 0.25) is 5.02 Å². The number of hydrogen-bond donors (Lipinski definition) is 4. The van der Waals surface area contributed by atoms with Crippen LogP contribution >= 0.6 is 11.6 Å². The number of alkyl halides is 3. The van der Waals surface area contributed by atoms with Crippen LogP contribution in [-0.4, -0.2) is 28.5 Å². The lowest BCUT2D eigenvalue weighted by atomic mass is 10.2. The van der Waals surface area contributed by atoms with Crippen LogP contribution < -0.4 is 27.0 Å². The minimum Gasteiger partial charge on any atom is -0.490 e. The first kappa shape index (κ1) is 20.4. The molecule has 0 saturated heterocycles. The number of aromatic amines is 2. The Morgan fingerprint density at radius 1 is 1.33 bits per heavy atom. The molecule has 0 bridgehead atoms. The highest BCUT2D eigenvalue weighted by Crippen LogP contribution is 2.39. The van der Waals surface area contributed by atoms with E-state index in [-0.39, 0.29) is 12.4 Å². The van der Waals surface area contributed by atoms with Gasteiger partial charge in [-0.1, -0.05) is 17.7 Å². The minimum atomic E-state index is -4.64. The van der Waals surface area contributed by atoms with Gasteiger partial charge in [0.2, 0.25) is 0 Å². The van der Waals surface area contributed by atoms with Crippen molar-refractivity contribution in [3.8, 4) is 5.75 Å². The van der Waals surface area contributed by atoms with E-state index in [0.717, 1.165) is 12.1 Å². The van der Waals surface area contributed by atoms with E-state index in [1.165, 1.54) is 13.0 Å². The molecule has 1 heterocycles. The van der Waals surface area contributed by atoms with Crippen LogP contribution in [0.4, 0.5) is 18.9 Å². The minimum absolute atomic E-state index is 0.211. The number of aromatic nitrogens is 2. The molecule has 1 amide bonds. The average molecular weight is 407 g/mol. The molecule has 27 heavy (non-hydrogen) atoms. The zero-order chi connectivity index (χ0) is 20.4. The van der Waals surface area contributed by atoms with E-state index in [9.17, 15) is 27.6 Å². The predicted octanol–water partition coefficient (Wildman–Crippen LogP) is 1.51. The van der Waals surface area contributed by atoms with Crippen LogP contribution in [0.15, 0.2) is 27.8 Å². The lowest BCUT2D eigenvalue weighted by Crippen LogP contribution is -2.40. The molecular formula is C15H14ClF3N4O4. The number of hydrogen-bond acceptors (Lipinski definition) is 5. The largest absolute Gasteiger partial charge is 0.490 e. The number of nitrogens with two attached hydrogens (primary N) is 1. The Morgan fingerprint density at radius 3 is 2.63 bits per heavy atom. The molecule has 12 heteroatoms. The SMILES string of the molecule is C[C@H](COc1cccc(C(F)(F)F)c1Cl)NC(=O)c1[nH]c(=O)[nH]c(=O)c1N. The molecule has 2 rings (SSSR count). The molecule has 0 aliphatic heterocycles. The maximum Gasteiger partial charge on any atom is 0.417 e. The maximum atomic E-state index is 12.8. The Morgan fingerprint density at radius 2 is 2.00 bits per heavy atom. The Kier molecular flexibility index (Phi) is 5.84. The molecule has 2 aromatic rings. The van der Waals surface area contributed by atoms with Crippen molar-refractivity contribution in [3.63, 3.8) is 0 Å². The second-order valence-electron chi connectivity index (χ2n) is 5.50. The molecule has 0 radical (unpaired) electrons. The third-order valence-corrected chi connectivity index (χ3v) is 3.73. The summed E-state index contributed by atoms with van der Waals surface area (Å²) >= 11 is 5.71. The number of carbonyl (C=O) groups excluding carboxylic acids is 1. The zero-order valence-electron chi connectivity index (χ0n) is 13.7. The van der Waals surface area contributed by atoms with Crippen molar-refractivity contribution in [1.29, 1.82) is 0 Å². The van der Waals surface area contributed by atoms with E-state index in [2.05, 4.69) is 10.3 Å². The van der Waals surface area contributed by atoms with E-state index < -0.39 is 51.3 Å². The van der Waals surface area contributed by atoms with Gasteiger partial charge in [0.05, 0.1) is 16.6 Å². The van der Waals surface area contributed by atoms with Crippen molar-refractivity contribution in [2.75, 3.05) is 12.3 Å². The molecular weight excluding hydrogens is 393 g/mol. The van der Waals surface area contributed by atoms with Crippen molar-refractivity contribution >= 4 is 23.2 Å². The molecule has 0 aliphatic rings. The van der Waals surface area contributed by atoms with Crippen molar-refractivity contribution in [2.24, 2.45) is 0 Å². The second kappa shape index (κ2) is 7.74. The number of halogens is 4. The van der Waals surface area contributed by atoms with Crippen LogP contribution in [0.5, 0.6) is 5.75 Å². The molecule has 5 N–H and O–H groups in total. The summed E-state index contributed by atoms with van der Waals surface area (Å²) in [4.78, 5) is 38.7. The third kappa shape index (κ3) is 4.82. The summed E-state index contributed by atoms with van der Waals surface area (Å²) in [5, 5.41) is 1.79. The van der Waals surface area contributed by atoms with E-state index in [4.69, 9.17) is 22.1 Å². The van der Waals surface area contributed by atoms with Crippen LogP contribution in [0, 0.1) is 0 Å². The standard InChI is InChI=1S/C15H14ClF3N4O4/c1-6(21-13(25)11-10(20)12(24)23-14(26)22-11)5-27-8-4-2-3-7(9(8)16)15(17,18)19/h2-4,6H,5,20H2,1H3,(H,21,25)(H2,22,23,24,26)/t6-/m1/s1. The lowest BCUT2D eigenvalue weighted by molar-refractivity contribution is -0.137. The van der Waals surface area contributed by atoms with E-state index >= 15 is 0 Å². The highest BCUT2D eigenvalue weighted by Gasteiger charge is 2.34. The number of nitrogen functional groups attached to an aromatic ring is 1. The quantitative estimate of drug-likeness (QED) is 0.598. The maximum absolute atomic E-state index is 12.8. The predicted molar refractivity (Wildman–Crippen MR) is 91.0 cm³/mol. The number of anilines is 1. The number of ether oxygens (including phenoxy) is 1. The van der Waals surface area contributed by atoms with E-state index in [1.54, 1.807) is 0 Å². The summed E-state index contributed by atoms with van der Waals surface area (Å²) in [6.45, 7) is 1.25. The number of amides is 1. The van der Waals surface area contributed by atoms with Gasteiger partial charge >= 0.3 is 11.9 Å². The van der Waals surface area contributed by atoms with Crippen molar-refractivity contribution in [1.82, 2.24) is 15.3 Å². The summed E-state index contributed by atoms with van der Waals surface area (Å²) in [5.74, 6) is -1.07. The van der Waals surface area contributed by atoms with Crippen LogP contribution in [0.25, 0.3) is 0 Å². The van der Waals surface area contributed by atoms with Gasteiger partial charge < -0.3 is 20.8 Å². The monoisotopic (exact) mass is 406 g/mol. The van der Waals surface area contributed by atoms with E-state index in [0.29, 0.717) is 0 Å². The van der Waals surface area contributed by atoms with E-state index in [1.807, 2.05) is 4.98 Å². The first-order valence-electron chi connectivity index (χ1n) is 7.42. The average Bonchev–Trinajstić information content (AvgIpc) is 2.56. The molecule has 8 nitrogen and oxygen atoms in total. The van der Waals surface area contributed by atoms with Gasteiger partial charge in [-0.2, -0.15) is 13.2 Å². The van der Waals surface area contributed by atoms with Gasteiger partial charge in [-0.25, -0.2) is 4.79 Å². The second-order valence-corrected chi connectivity index (χ2v) is 5.88. The Hall–Kier alpha value is -2.95. The molecule has 0 fully saturated rings. The summed E-state index contributed by atoms with van der Waals surface area (Å²) in [7, 11) is 0. The number of benzene rings is 1. The normalized spacial score (nSPS) is 12.5. The van der Waals surface area contributed by atoms with Crippen molar-refractivity contribution in [2.45, 2.75) is 19.1 Å². The Labute approximate surface area is 154 Å². The fraction of sp³-hybridized carbons (Fsp3) is 0.267. The molecule has 1 aromatic carbocycles. The molecule has 0 aliphatic carbocycles. The summed E-state index contributed by atoms with van der Waals surface area (Å²) < 4.78 is 43.7. The van der Waals surface area contributed by atoms with Crippen molar-refractivity contribution < 1.29 is 22.7 Å². The van der Waals surface area contributed by atoms with Gasteiger partial charge in [0.1, 0.15) is 23.7 Å². The number of rotatable bonds is 5. The van der Waals surface area contributed by atoms with Crippen molar-refractivity contribution in [3.05, 3.63) is 55.3 Å². The molecule has 0 spiro atoms. The molecule has 0 unspecified atom stereocenters. The molecule has 0 saturated carbocycles. The molecule has 1 atom stereocenters. The van der Waals surface area contributed by atoms with Gasteiger partial charge in [-0.3, -0.25) is 14.6 Å². The van der Waals surface area contributed by atoms with Gasteiger partial charge in [0.25, 0.3) is 11.5 Å². The highest BCUT2D eigenvalue weighted by atomic mass is 35.5. The highest BCUT2D eigenvalue weighted by molar-refractivity contribution is 6.32. The number of H-pyrrole nitrogens is 2. The summed E-state index contributed by atoms with van der Waals surface area (Å²) in [6, 6.07) is 2.48. The summed E-state index contributed by atoms with van der Waals surface area (Å²) in [5.41, 5.74) is 1.62.